The molecule has 1 saturated heterocycles. The fourth-order valence-electron chi connectivity index (χ4n) is 2.66. The standard InChI is InChI=1S/C17H21N2O4S/c1-14-17(18-13-23-14)12-24(20,21)16-4-2-15(3-5-16)6-7-19-8-10-22-11-9-19/h2-5H,6-12H2,1H3. The van der Waals surface area contributed by atoms with Gasteiger partial charge in [0.15, 0.2) is 9.84 Å². The van der Waals surface area contributed by atoms with E-state index in [4.69, 9.17) is 9.15 Å². The van der Waals surface area contributed by atoms with Gasteiger partial charge in [-0.25, -0.2) is 13.4 Å². The summed E-state index contributed by atoms with van der Waals surface area (Å²) in [5.74, 6) is 0.319. The molecule has 7 heteroatoms. The molecule has 24 heavy (non-hydrogen) atoms. The second kappa shape index (κ2) is 7.46. The number of oxazole rings is 1. The van der Waals surface area contributed by atoms with E-state index in [9.17, 15) is 8.42 Å². The van der Waals surface area contributed by atoms with E-state index in [0.717, 1.165) is 44.8 Å². The molecule has 1 aliphatic heterocycles. The third kappa shape index (κ3) is 4.23. The highest BCUT2D eigenvalue weighted by Crippen LogP contribution is 2.18. The number of benzene rings is 1. The molecule has 6 nitrogen and oxygen atoms in total. The van der Waals surface area contributed by atoms with Gasteiger partial charge >= 0.3 is 0 Å². The predicted octanol–water partition coefficient (Wildman–Crippen LogP) is 1.63. The minimum atomic E-state index is -3.43. The number of hydrogen-bond donors (Lipinski definition) is 0. The number of morpholine rings is 1. The fourth-order valence-corrected chi connectivity index (χ4v) is 4.00. The first-order valence-electron chi connectivity index (χ1n) is 7.99. The number of ether oxygens (including phenoxy) is 1. The highest BCUT2D eigenvalue weighted by molar-refractivity contribution is 7.90. The summed E-state index contributed by atoms with van der Waals surface area (Å²) in [5, 5.41) is 0. The summed E-state index contributed by atoms with van der Waals surface area (Å²) >= 11 is 0. The molecular formula is C17H21N2O4S. The summed E-state index contributed by atoms with van der Waals surface area (Å²) in [6.07, 6.45) is 3.23. The van der Waals surface area contributed by atoms with Gasteiger partial charge in [0.1, 0.15) is 11.5 Å². The van der Waals surface area contributed by atoms with Gasteiger partial charge in [-0.05, 0) is 31.0 Å². The van der Waals surface area contributed by atoms with E-state index >= 15 is 0 Å². The van der Waals surface area contributed by atoms with Gasteiger partial charge < -0.3 is 9.15 Å². The van der Waals surface area contributed by atoms with Gasteiger partial charge in [-0.1, -0.05) is 12.1 Å². The second-order valence-corrected chi connectivity index (χ2v) is 7.90. The number of hydrogen-bond acceptors (Lipinski definition) is 6. The van der Waals surface area contributed by atoms with E-state index in [1.165, 1.54) is 0 Å². The van der Waals surface area contributed by atoms with E-state index in [-0.39, 0.29) is 5.75 Å². The molecule has 1 radical (unpaired) electrons. The van der Waals surface area contributed by atoms with Gasteiger partial charge in [0.25, 0.3) is 6.39 Å². The van der Waals surface area contributed by atoms with Crippen LogP contribution in [0.1, 0.15) is 17.0 Å². The van der Waals surface area contributed by atoms with Crippen molar-refractivity contribution in [3.05, 3.63) is 47.7 Å². The molecule has 1 aliphatic rings. The molecule has 0 spiro atoms. The highest BCUT2D eigenvalue weighted by Gasteiger charge is 2.19. The molecule has 1 aromatic heterocycles. The van der Waals surface area contributed by atoms with Gasteiger partial charge in [-0.15, -0.1) is 0 Å². The normalized spacial score (nSPS) is 16.4. The highest BCUT2D eigenvalue weighted by atomic mass is 32.2. The molecule has 0 bridgehead atoms. The third-order valence-electron chi connectivity index (χ3n) is 4.22. The molecular weight excluding hydrogens is 328 g/mol. The molecule has 2 heterocycles. The maximum absolute atomic E-state index is 12.5. The minimum Gasteiger partial charge on any atom is -0.438 e. The van der Waals surface area contributed by atoms with Gasteiger partial charge in [-0.3, -0.25) is 4.90 Å². The van der Waals surface area contributed by atoms with Crippen molar-refractivity contribution in [1.82, 2.24) is 9.88 Å². The van der Waals surface area contributed by atoms with Crippen molar-refractivity contribution in [2.45, 2.75) is 24.0 Å². The second-order valence-electron chi connectivity index (χ2n) is 5.92. The number of nitrogens with zero attached hydrogens (tertiary/aromatic N) is 2. The van der Waals surface area contributed by atoms with E-state index in [0.29, 0.717) is 16.3 Å². The van der Waals surface area contributed by atoms with Crippen molar-refractivity contribution < 1.29 is 17.6 Å². The van der Waals surface area contributed by atoms with Crippen molar-refractivity contribution in [1.29, 1.82) is 0 Å². The Morgan fingerprint density at radius 1 is 1.21 bits per heavy atom. The van der Waals surface area contributed by atoms with Crippen LogP contribution in [-0.4, -0.2) is 51.1 Å². The zero-order valence-electron chi connectivity index (χ0n) is 13.7. The maximum Gasteiger partial charge on any atom is 0.284 e. The molecule has 1 aromatic carbocycles. The summed E-state index contributed by atoms with van der Waals surface area (Å²) in [4.78, 5) is 6.50. The molecule has 0 atom stereocenters. The van der Waals surface area contributed by atoms with Crippen LogP contribution in [0.3, 0.4) is 0 Å². The monoisotopic (exact) mass is 349 g/mol. The molecule has 2 aromatic rings. The largest absolute Gasteiger partial charge is 0.438 e. The van der Waals surface area contributed by atoms with Crippen molar-refractivity contribution in [2.75, 3.05) is 32.8 Å². The van der Waals surface area contributed by atoms with Gasteiger partial charge in [0.05, 0.1) is 23.8 Å². The molecule has 0 aliphatic carbocycles. The molecule has 0 N–H and O–H groups in total. The van der Waals surface area contributed by atoms with Crippen LogP contribution in [0.15, 0.2) is 33.6 Å². The summed E-state index contributed by atoms with van der Waals surface area (Å²) in [5.41, 5.74) is 1.54. The number of sulfone groups is 1. The first kappa shape index (κ1) is 17.1. The Bertz CT molecular complexity index is 762. The topological polar surface area (TPSA) is 72.6 Å². The Balaban J connectivity index is 1.61. The van der Waals surface area contributed by atoms with Crippen LogP contribution >= 0.6 is 0 Å². The first-order chi connectivity index (χ1) is 11.5. The molecule has 1 fully saturated rings. The van der Waals surface area contributed by atoms with Crippen molar-refractivity contribution in [2.24, 2.45) is 0 Å². The van der Waals surface area contributed by atoms with E-state index in [1.807, 2.05) is 12.1 Å². The predicted molar refractivity (Wildman–Crippen MR) is 88.4 cm³/mol. The van der Waals surface area contributed by atoms with Crippen molar-refractivity contribution in [3.8, 4) is 0 Å². The van der Waals surface area contributed by atoms with Crippen LogP contribution in [0.25, 0.3) is 0 Å². The quantitative estimate of drug-likeness (QED) is 0.789. The average molecular weight is 349 g/mol. The Labute approximate surface area is 142 Å². The average Bonchev–Trinajstić information content (AvgIpc) is 2.98. The Hall–Kier alpha value is -1.70. The molecule has 3 rings (SSSR count). The first-order valence-corrected chi connectivity index (χ1v) is 9.64. The lowest BCUT2D eigenvalue weighted by Gasteiger charge is -2.26. The number of aromatic nitrogens is 1. The Morgan fingerprint density at radius 3 is 2.54 bits per heavy atom. The summed E-state index contributed by atoms with van der Waals surface area (Å²) in [7, 11) is -3.43. The maximum atomic E-state index is 12.5. The van der Waals surface area contributed by atoms with Gasteiger partial charge in [0, 0.05) is 19.6 Å². The van der Waals surface area contributed by atoms with Crippen LogP contribution in [0.2, 0.25) is 0 Å². The van der Waals surface area contributed by atoms with Crippen LogP contribution in [0.4, 0.5) is 0 Å². The minimum absolute atomic E-state index is 0.168. The fraction of sp³-hybridized carbons (Fsp3) is 0.471. The summed E-state index contributed by atoms with van der Waals surface area (Å²) in [6, 6.07) is 7.11. The summed E-state index contributed by atoms with van der Waals surface area (Å²) in [6.45, 7) is 6.14. The summed E-state index contributed by atoms with van der Waals surface area (Å²) < 4.78 is 35.2. The van der Waals surface area contributed by atoms with Crippen LogP contribution in [0, 0.1) is 13.3 Å². The lowest BCUT2D eigenvalue weighted by molar-refractivity contribution is 0.0384. The van der Waals surface area contributed by atoms with Crippen molar-refractivity contribution >= 4 is 9.84 Å². The Morgan fingerprint density at radius 2 is 1.92 bits per heavy atom. The lowest BCUT2D eigenvalue weighted by atomic mass is 10.1. The van der Waals surface area contributed by atoms with Crippen LogP contribution in [0.5, 0.6) is 0 Å². The van der Waals surface area contributed by atoms with Crippen molar-refractivity contribution in [3.63, 3.8) is 0 Å². The van der Waals surface area contributed by atoms with Gasteiger partial charge in [0.2, 0.25) is 0 Å². The molecule has 129 valence electrons. The zero-order valence-corrected chi connectivity index (χ0v) is 14.5. The Kier molecular flexibility index (Phi) is 5.33. The molecule has 0 unspecified atom stereocenters. The number of aryl methyl sites for hydroxylation is 1. The molecule has 0 amide bonds. The van der Waals surface area contributed by atoms with Crippen LogP contribution in [-0.2, 0) is 26.7 Å². The smallest absolute Gasteiger partial charge is 0.284 e. The lowest BCUT2D eigenvalue weighted by Crippen LogP contribution is -2.37. The van der Waals surface area contributed by atoms with E-state index < -0.39 is 9.84 Å². The van der Waals surface area contributed by atoms with Gasteiger partial charge in [-0.2, -0.15) is 0 Å². The zero-order chi connectivity index (χ0) is 17.0. The SMILES string of the molecule is Cc1o[c]nc1CS(=O)(=O)c1ccc(CCN2CCOCC2)cc1. The number of rotatable bonds is 6. The van der Waals surface area contributed by atoms with Crippen LogP contribution < -0.4 is 0 Å². The van der Waals surface area contributed by atoms with E-state index in [1.54, 1.807) is 19.1 Å². The molecule has 0 saturated carbocycles. The van der Waals surface area contributed by atoms with E-state index in [2.05, 4.69) is 16.3 Å². The third-order valence-corrected chi connectivity index (χ3v) is 5.86.